The van der Waals surface area contributed by atoms with Crippen LogP contribution in [0.4, 0.5) is 0 Å². The second kappa shape index (κ2) is 4.72. The number of ketones is 1. The molecular weight excluding hydrogens is 248 g/mol. The van der Waals surface area contributed by atoms with Crippen molar-refractivity contribution in [1.82, 2.24) is 0 Å². The highest BCUT2D eigenvalue weighted by atomic mass is 79.9. The fraction of sp³-hybridized carbons (Fsp3) is 0. The third kappa shape index (κ3) is 3.14. The van der Waals surface area contributed by atoms with Gasteiger partial charge >= 0.3 is 5.97 Å². The highest BCUT2D eigenvalue weighted by molar-refractivity contribution is 9.10. The minimum Gasteiger partial charge on any atom is -0.478 e. The molecule has 0 aliphatic carbocycles. The predicted octanol–water partition coefficient (Wildman–Crippen LogP) is 2.27. The summed E-state index contributed by atoms with van der Waals surface area (Å²) in [6.45, 7) is 0. The Morgan fingerprint density at radius 1 is 1.29 bits per heavy atom. The van der Waals surface area contributed by atoms with E-state index < -0.39 is 5.97 Å². The number of aliphatic carboxylic acids is 1. The average Bonchev–Trinajstić information content (AvgIpc) is 2.14. The van der Waals surface area contributed by atoms with Crippen LogP contribution in [0.2, 0.25) is 0 Å². The van der Waals surface area contributed by atoms with Crippen LogP contribution < -0.4 is 0 Å². The van der Waals surface area contributed by atoms with E-state index in [0.29, 0.717) is 5.56 Å². The lowest BCUT2D eigenvalue weighted by atomic mass is 10.1. The van der Waals surface area contributed by atoms with Gasteiger partial charge in [0, 0.05) is 16.1 Å². The number of carbonyl (C=O) groups excluding carboxylic acids is 1. The zero-order chi connectivity index (χ0) is 10.6. The van der Waals surface area contributed by atoms with E-state index in [4.69, 9.17) is 5.11 Å². The van der Waals surface area contributed by atoms with E-state index in [1.54, 1.807) is 24.3 Å². The Hall–Kier alpha value is -1.42. The van der Waals surface area contributed by atoms with Crippen molar-refractivity contribution in [3.8, 4) is 0 Å². The molecule has 14 heavy (non-hydrogen) atoms. The molecule has 0 aromatic heterocycles. The van der Waals surface area contributed by atoms with Crippen LogP contribution in [-0.4, -0.2) is 16.9 Å². The SMILES string of the molecule is O=C(O)C=CC(=O)c1cccc(Br)c1. The summed E-state index contributed by atoms with van der Waals surface area (Å²) in [6.07, 6.45) is 1.85. The van der Waals surface area contributed by atoms with Gasteiger partial charge in [-0.1, -0.05) is 28.1 Å². The second-order valence-corrected chi connectivity index (χ2v) is 3.46. The molecule has 1 aromatic carbocycles. The van der Waals surface area contributed by atoms with Crippen molar-refractivity contribution in [1.29, 1.82) is 0 Å². The molecule has 1 aromatic rings. The van der Waals surface area contributed by atoms with Gasteiger partial charge in [-0.05, 0) is 18.2 Å². The summed E-state index contributed by atoms with van der Waals surface area (Å²) in [5.74, 6) is -1.46. The van der Waals surface area contributed by atoms with Crippen LogP contribution in [-0.2, 0) is 4.79 Å². The van der Waals surface area contributed by atoms with Crippen LogP contribution in [0.25, 0.3) is 0 Å². The molecule has 4 heteroatoms. The second-order valence-electron chi connectivity index (χ2n) is 2.55. The van der Waals surface area contributed by atoms with Crippen LogP contribution in [0, 0.1) is 0 Å². The average molecular weight is 255 g/mol. The number of benzene rings is 1. The maximum atomic E-state index is 11.3. The first-order valence-electron chi connectivity index (χ1n) is 3.80. The molecule has 0 fully saturated rings. The molecule has 0 aliphatic rings. The lowest BCUT2D eigenvalue weighted by Crippen LogP contribution is -1.96. The number of carboxylic acid groups (broad SMARTS) is 1. The number of hydrogen-bond donors (Lipinski definition) is 1. The van der Waals surface area contributed by atoms with Crippen LogP contribution in [0.3, 0.4) is 0 Å². The van der Waals surface area contributed by atoms with Crippen molar-refractivity contribution < 1.29 is 14.7 Å². The number of allylic oxidation sites excluding steroid dienone is 1. The molecule has 72 valence electrons. The van der Waals surface area contributed by atoms with Gasteiger partial charge in [-0.3, -0.25) is 4.79 Å². The summed E-state index contributed by atoms with van der Waals surface area (Å²) in [4.78, 5) is 21.5. The first kappa shape index (κ1) is 10.7. The molecule has 0 atom stereocenters. The highest BCUT2D eigenvalue weighted by Gasteiger charge is 2.01. The summed E-state index contributed by atoms with van der Waals surface area (Å²) in [6, 6.07) is 6.76. The molecule has 3 nitrogen and oxygen atoms in total. The molecule has 0 spiro atoms. The van der Waals surface area contributed by atoms with E-state index in [1.807, 2.05) is 0 Å². The van der Waals surface area contributed by atoms with E-state index in [2.05, 4.69) is 15.9 Å². The van der Waals surface area contributed by atoms with Gasteiger partial charge in [-0.15, -0.1) is 0 Å². The third-order valence-corrected chi connectivity index (χ3v) is 1.98. The Bertz CT molecular complexity index is 396. The Morgan fingerprint density at radius 3 is 2.57 bits per heavy atom. The van der Waals surface area contributed by atoms with E-state index in [9.17, 15) is 9.59 Å². The summed E-state index contributed by atoms with van der Waals surface area (Å²) in [5.41, 5.74) is 0.455. The molecule has 0 unspecified atom stereocenters. The smallest absolute Gasteiger partial charge is 0.328 e. The standard InChI is InChI=1S/C10H7BrO3/c11-8-3-1-2-7(6-8)9(12)4-5-10(13)14/h1-6H,(H,13,14). The minimum atomic E-state index is -1.13. The van der Waals surface area contributed by atoms with Crippen LogP contribution in [0.1, 0.15) is 10.4 Å². The molecule has 0 radical (unpaired) electrons. The van der Waals surface area contributed by atoms with Gasteiger partial charge in [-0.25, -0.2) is 4.79 Å². The van der Waals surface area contributed by atoms with Gasteiger partial charge in [0.2, 0.25) is 0 Å². The summed E-state index contributed by atoms with van der Waals surface area (Å²) in [7, 11) is 0. The highest BCUT2D eigenvalue weighted by Crippen LogP contribution is 2.12. The number of rotatable bonds is 3. The van der Waals surface area contributed by atoms with Crippen molar-refractivity contribution in [3.63, 3.8) is 0 Å². The van der Waals surface area contributed by atoms with Gasteiger partial charge in [-0.2, -0.15) is 0 Å². The first-order chi connectivity index (χ1) is 6.59. The molecule has 0 bridgehead atoms. The monoisotopic (exact) mass is 254 g/mol. The summed E-state index contributed by atoms with van der Waals surface area (Å²) in [5, 5.41) is 8.32. The van der Waals surface area contributed by atoms with Crippen LogP contribution in [0.5, 0.6) is 0 Å². The fourth-order valence-electron chi connectivity index (χ4n) is 0.885. The summed E-state index contributed by atoms with van der Waals surface area (Å²) < 4.78 is 0.784. The van der Waals surface area contributed by atoms with Crippen molar-refractivity contribution in [2.24, 2.45) is 0 Å². The molecule has 1 N–H and O–H groups in total. The van der Waals surface area contributed by atoms with E-state index in [0.717, 1.165) is 16.6 Å². The first-order valence-corrected chi connectivity index (χ1v) is 4.60. The molecule has 0 saturated carbocycles. The molecule has 0 amide bonds. The van der Waals surface area contributed by atoms with Gasteiger partial charge < -0.3 is 5.11 Å². The molecule has 0 saturated heterocycles. The van der Waals surface area contributed by atoms with E-state index in [-0.39, 0.29) is 5.78 Å². The Labute approximate surface area is 89.2 Å². The van der Waals surface area contributed by atoms with Crippen LogP contribution >= 0.6 is 15.9 Å². The molecule has 0 aliphatic heterocycles. The Balaban J connectivity index is 2.85. The molecule has 0 heterocycles. The van der Waals surface area contributed by atoms with Crippen molar-refractivity contribution >= 4 is 27.7 Å². The molecule has 1 rings (SSSR count). The fourth-order valence-corrected chi connectivity index (χ4v) is 1.28. The zero-order valence-electron chi connectivity index (χ0n) is 7.11. The largest absolute Gasteiger partial charge is 0.478 e. The number of carbonyl (C=O) groups is 2. The maximum Gasteiger partial charge on any atom is 0.328 e. The van der Waals surface area contributed by atoms with Gasteiger partial charge in [0.25, 0.3) is 0 Å². The number of hydrogen-bond acceptors (Lipinski definition) is 2. The van der Waals surface area contributed by atoms with Gasteiger partial charge in [0.15, 0.2) is 5.78 Å². The lowest BCUT2D eigenvalue weighted by Gasteiger charge is -1.95. The third-order valence-electron chi connectivity index (χ3n) is 1.49. The quantitative estimate of drug-likeness (QED) is 0.665. The van der Waals surface area contributed by atoms with Crippen molar-refractivity contribution in [3.05, 3.63) is 46.5 Å². The van der Waals surface area contributed by atoms with Crippen molar-refractivity contribution in [2.45, 2.75) is 0 Å². The van der Waals surface area contributed by atoms with Gasteiger partial charge in [0.1, 0.15) is 0 Å². The van der Waals surface area contributed by atoms with Crippen LogP contribution in [0.15, 0.2) is 40.9 Å². The van der Waals surface area contributed by atoms with Gasteiger partial charge in [0.05, 0.1) is 0 Å². The normalized spacial score (nSPS) is 10.4. The predicted molar refractivity (Wildman–Crippen MR) is 55.2 cm³/mol. The minimum absolute atomic E-state index is 0.325. The molecular formula is C10H7BrO3. The Kier molecular flexibility index (Phi) is 3.59. The topological polar surface area (TPSA) is 54.4 Å². The zero-order valence-corrected chi connectivity index (χ0v) is 8.69. The number of carboxylic acids is 1. The summed E-state index contributed by atoms with van der Waals surface area (Å²) >= 11 is 3.22. The Morgan fingerprint density at radius 2 is 2.00 bits per heavy atom. The maximum absolute atomic E-state index is 11.3. The number of halogens is 1. The van der Waals surface area contributed by atoms with E-state index in [1.165, 1.54) is 0 Å². The lowest BCUT2D eigenvalue weighted by molar-refractivity contribution is -0.131. The van der Waals surface area contributed by atoms with E-state index >= 15 is 0 Å². The van der Waals surface area contributed by atoms with Crippen molar-refractivity contribution in [2.75, 3.05) is 0 Å².